The van der Waals surface area contributed by atoms with E-state index in [0.717, 1.165) is 0 Å². The van der Waals surface area contributed by atoms with Gasteiger partial charge in [0.1, 0.15) is 0 Å². The molecule has 2 aromatic rings. The van der Waals surface area contributed by atoms with Crippen LogP contribution in [0.25, 0.3) is 0 Å². The number of hydrogen-bond donors (Lipinski definition) is 2. The molecule has 0 saturated carbocycles. The normalized spacial score (nSPS) is 10.5. The van der Waals surface area contributed by atoms with Crippen LogP contribution in [-0.2, 0) is 14.8 Å². The molecule has 0 aliphatic rings. The Morgan fingerprint density at radius 3 is 2.30 bits per heavy atom. The number of benzene rings is 1. The summed E-state index contributed by atoms with van der Waals surface area (Å²) in [6.45, 7) is 1.73. The van der Waals surface area contributed by atoms with Crippen LogP contribution >= 0.6 is 11.6 Å². The van der Waals surface area contributed by atoms with Crippen molar-refractivity contribution in [2.24, 2.45) is 0 Å². The van der Waals surface area contributed by atoms with E-state index < -0.39 is 10.0 Å². The van der Waals surface area contributed by atoms with E-state index >= 15 is 0 Å². The molecule has 1 amide bonds. The van der Waals surface area contributed by atoms with Gasteiger partial charge in [0.05, 0.1) is 4.90 Å². The zero-order valence-corrected chi connectivity index (χ0v) is 14.3. The third-order valence-electron chi connectivity index (χ3n) is 2.64. The number of aromatic nitrogens is 2. The molecule has 0 atom stereocenters. The van der Waals surface area contributed by atoms with Crippen molar-refractivity contribution in [3.8, 4) is 0 Å². The lowest BCUT2D eigenvalue weighted by atomic mass is 10.3. The summed E-state index contributed by atoms with van der Waals surface area (Å²) in [5.74, 6) is -0.0852. The van der Waals surface area contributed by atoms with Crippen molar-refractivity contribution >= 4 is 39.0 Å². The molecule has 7 nitrogen and oxygen atoms in total. The molecule has 0 aliphatic heterocycles. The number of anilines is 2. The Labute approximate surface area is 144 Å². The first-order chi connectivity index (χ1) is 10.4. The molecule has 0 saturated heterocycles. The number of halogens is 2. The maximum absolute atomic E-state index is 12.2. The lowest BCUT2D eigenvalue weighted by Gasteiger charge is -2.08. The van der Waals surface area contributed by atoms with Crippen molar-refractivity contribution in [1.29, 1.82) is 0 Å². The Bertz CT molecular complexity index is 765. The van der Waals surface area contributed by atoms with Crippen LogP contribution in [0.2, 0.25) is 5.15 Å². The molecule has 0 spiro atoms. The summed E-state index contributed by atoms with van der Waals surface area (Å²) in [6.07, 6.45) is 0.344. The van der Waals surface area contributed by atoms with Gasteiger partial charge in [-0.1, -0.05) is 18.5 Å². The average molecular weight is 376 g/mol. The van der Waals surface area contributed by atoms with E-state index in [9.17, 15) is 13.2 Å². The van der Waals surface area contributed by atoms with E-state index in [1.165, 1.54) is 36.4 Å². The summed E-state index contributed by atoms with van der Waals surface area (Å²) in [7, 11) is -3.79. The Balaban J connectivity index is 0.00000264. The summed E-state index contributed by atoms with van der Waals surface area (Å²) >= 11 is 5.59. The maximum Gasteiger partial charge on any atom is 0.263 e. The Morgan fingerprint density at radius 1 is 1.13 bits per heavy atom. The van der Waals surface area contributed by atoms with Gasteiger partial charge in [-0.15, -0.1) is 10.2 Å². The van der Waals surface area contributed by atoms with Crippen LogP contribution in [0, 0.1) is 0 Å². The molecule has 0 fully saturated rings. The fourth-order valence-corrected chi connectivity index (χ4v) is 2.63. The minimum Gasteiger partial charge on any atom is -1.00 e. The largest absolute Gasteiger partial charge is 1.00 e. The van der Waals surface area contributed by atoms with Gasteiger partial charge in [0.2, 0.25) is 5.91 Å². The molecule has 1 aromatic carbocycles. The number of nitrogens with one attached hydrogen (secondary N) is 2. The van der Waals surface area contributed by atoms with Crippen LogP contribution in [0.15, 0.2) is 41.3 Å². The van der Waals surface area contributed by atoms with Crippen LogP contribution in [0.4, 0.5) is 11.5 Å². The number of nitrogens with zero attached hydrogens (tertiary/aromatic N) is 2. The van der Waals surface area contributed by atoms with E-state index in [0.29, 0.717) is 12.1 Å². The molecule has 0 bridgehead atoms. The first-order valence-corrected chi connectivity index (χ1v) is 8.19. The Kier molecular flexibility index (Phi) is 6.74. The highest BCUT2D eigenvalue weighted by atomic mass is 35.5. The molecule has 10 heteroatoms. The SMILES string of the molecule is CCC(=O)Nc1ccc(S(=O)(=O)Nc2ccc(Cl)nn2)cc1.[Cl-]. The summed E-state index contributed by atoms with van der Waals surface area (Å²) in [4.78, 5) is 11.3. The first kappa shape index (κ1) is 19.1. The summed E-state index contributed by atoms with van der Waals surface area (Å²) in [5.41, 5.74) is 0.525. The molecular weight excluding hydrogens is 363 g/mol. The number of sulfonamides is 1. The second-order valence-electron chi connectivity index (χ2n) is 4.27. The van der Waals surface area contributed by atoms with Crippen molar-refractivity contribution in [3.05, 3.63) is 41.6 Å². The minimum atomic E-state index is -3.79. The quantitative estimate of drug-likeness (QED) is 0.718. The van der Waals surface area contributed by atoms with Crippen molar-refractivity contribution < 1.29 is 25.6 Å². The van der Waals surface area contributed by atoms with E-state index in [2.05, 4.69) is 20.2 Å². The molecular formula is C13H13Cl2N4O3S-. The van der Waals surface area contributed by atoms with Crippen molar-refractivity contribution in [2.45, 2.75) is 18.2 Å². The summed E-state index contributed by atoms with van der Waals surface area (Å²) in [5, 5.41) is 9.98. The fraction of sp³-hybridized carbons (Fsp3) is 0.154. The van der Waals surface area contributed by atoms with E-state index in [-0.39, 0.29) is 34.2 Å². The third kappa shape index (κ3) is 5.34. The molecule has 1 heterocycles. The van der Waals surface area contributed by atoms with Crippen LogP contribution in [0.1, 0.15) is 13.3 Å². The van der Waals surface area contributed by atoms with Crippen molar-refractivity contribution in [1.82, 2.24) is 10.2 Å². The molecule has 1 aromatic heterocycles. The van der Waals surface area contributed by atoms with Gasteiger partial charge in [0.15, 0.2) is 11.0 Å². The molecule has 0 radical (unpaired) electrons. The van der Waals surface area contributed by atoms with Gasteiger partial charge in [-0.3, -0.25) is 9.52 Å². The zero-order chi connectivity index (χ0) is 16.2. The number of carbonyl (C=O) groups is 1. The smallest absolute Gasteiger partial charge is 0.263 e. The van der Waals surface area contributed by atoms with E-state index in [4.69, 9.17) is 11.6 Å². The Morgan fingerprint density at radius 2 is 1.78 bits per heavy atom. The van der Waals surface area contributed by atoms with Crippen LogP contribution in [0.3, 0.4) is 0 Å². The lowest BCUT2D eigenvalue weighted by Crippen LogP contribution is -3.00. The third-order valence-corrected chi connectivity index (χ3v) is 4.21. The highest BCUT2D eigenvalue weighted by molar-refractivity contribution is 7.92. The average Bonchev–Trinajstić information content (AvgIpc) is 2.50. The van der Waals surface area contributed by atoms with Crippen molar-refractivity contribution in [2.75, 3.05) is 10.0 Å². The number of amides is 1. The van der Waals surface area contributed by atoms with Gasteiger partial charge in [-0.2, -0.15) is 0 Å². The number of rotatable bonds is 5. The highest BCUT2D eigenvalue weighted by Crippen LogP contribution is 2.17. The zero-order valence-electron chi connectivity index (χ0n) is 12.0. The second kappa shape index (κ2) is 8.09. The molecule has 124 valence electrons. The maximum atomic E-state index is 12.2. The molecule has 2 rings (SSSR count). The minimum absolute atomic E-state index is 0. The molecule has 2 N–H and O–H groups in total. The van der Waals surface area contributed by atoms with Crippen LogP contribution in [-0.4, -0.2) is 24.5 Å². The standard InChI is InChI=1S/C13H13ClN4O3S.ClH/c1-2-13(19)15-9-3-5-10(6-4-9)22(20,21)18-12-8-7-11(14)16-17-12;/h3-8H,2H2,1H3,(H,15,19)(H,17,18);1H/p-1. The van der Waals surface area contributed by atoms with Gasteiger partial charge in [0.25, 0.3) is 10.0 Å². The van der Waals surface area contributed by atoms with Crippen LogP contribution in [0.5, 0.6) is 0 Å². The molecule has 0 unspecified atom stereocenters. The van der Waals surface area contributed by atoms with E-state index in [1.54, 1.807) is 6.92 Å². The lowest BCUT2D eigenvalue weighted by molar-refractivity contribution is -0.115. The van der Waals surface area contributed by atoms with Gasteiger partial charge in [0, 0.05) is 12.1 Å². The Hall–Kier alpha value is -1.90. The van der Waals surface area contributed by atoms with Gasteiger partial charge >= 0.3 is 0 Å². The first-order valence-electron chi connectivity index (χ1n) is 6.32. The van der Waals surface area contributed by atoms with Crippen LogP contribution < -0.4 is 22.4 Å². The van der Waals surface area contributed by atoms with E-state index in [1.807, 2.05) is 0 Å². The topological polar surface area (TPSA) is 101 Å². The van der Waals surface area contributed by atoms with Gasteiger partial charge in [-0.25, -0.2) is 8.42 Å². The number of carbonyl (C=O) groups excluding carboxylic acids is 1. The number of hydrogen-bond acceptors (Lipinski definition) is 5. The molecule has 23 heavy (non-hydrogen) atoms. The summed E-state index contributed by atoms with van der Waals surface area (Å²) < 4.78 is 26.6. The van der Waals surface area contributed by atoms with Crippen molar-refractivity contribution in [3.63, 3.8) is 0 Å². The predicted molar refractivity (Wildman–Crippen MR) is 83.2 cm³/mol. The van der Waals surface area contributed by atoms with Gasteiger partial charge < -0.3 is 17.7 Å². The fourth-order valence-electron chi connectivity index (χ4n) is 1.53. The highest BCUT2D eigenvalue weighted by Gasteiger charge is 2.15. The predicted octanol–water partition coefficient (Wildman–Crippen LogP) is -0.717. The monoisotopic (exact) mass is 375 g/mol. The molecule has 0 aliphatic carbocycles. The second-order valence-corrected chi connectivity index (χ2v) is 6.34. The van der Waals surface area contributed by atoms with Gasteiger partial charge in [-0.05, 0) is 36.4 Å². The summed E-state index contributed by atoms with van der Waals surface area (Å²) in [6, 6.07) is 8.62.